The third-order valence-electron chi connectivity index (χ3n) is 7.93. The topological polar surface area (TPSA) is 228 Å². The zero-order chi connectivity index (χ0) is 37.6. The van der Waals surface area contributed by atoms with Crippen molar-refractivity contribution in [3.8, 4) is 0 Å². The molecule has 14 heteroatoms. The van der Waals surface area contributed by atoms with E-state index in [1.807, 2.05) is 27.7 Å². The van der Waals surface area contributed by atoms with Crippen molar-refractivity contribution in [2.75, 3.05) is 0 Å². The summed E-state index contributed by atoms with van der Waals surface area (Å²) in [6, 6.07) is -5.55. The molecule has 0 saturated carbocycles. The lowest BCUT2D eigenvalue weighted by Crippen LogP contribution is -2.63. The first-order chi connectivity index (χ1) is 22.0. The molecule has 0 aliphatic heterocycles. The standard InChI is InChI=1S/C34H63N5O9/c1-17(2)12-23(35)25(40)15-28(43)37-32(46)22(11)39(24(13-18(3)4)26(41)16-29(44)45)34(48)31(21(9)10)38-33(47)30(20(7)8)36-27(42)14-19(5)6/h17-26,30-31,40-41H,12-16,35H2,1-11H3,(H,36,42)(H,38,47)(H,44,45)(H,37,43,46). The van der Waals surface area contributed by atoms with Crippen molar-refractivity contribution in [3.05, 3.63) is 0 Å². The molecule has 0 saturated heterocycles. The summed E-state index contributed by atoms with van der Waals surface area (Å²) >= 11 is 0. The molecule has 278 valence electrons. The summed E-state index contributed by atoms with van der Waals surface area (Å²) in [6.07, 6.45) is -3.30. The van der Waals surface area contributed by atoms with Gasteiger partial charge in [-0.3, -0.25) is 34.1 Å². The predicted octanol–water partition coefficient (Wildman–Crippen LogP) is 1.55. The maximum absolute atomic E-state index is 14.4. The fourth-order valence-corrected chi connectivity index (χ4v) is 5.41. The molecule has 0 aromatic heterocycles. The molecule has 0 aliphatic rings. The van der Waals surface area contributed by atoms with Gasteiger partial charge in [0.05, 0.1) is 31.1 Å². The lowest BCUT2D eigenvalue weighted by Gasteiger charge is -2.41. The predicted molar refractivity (Wildman–Crippen MR) is 182 cm³/mol. The molecule has 7 unspecified atom stereocenters. The first-order valence-corrected chi connectivity index (χ1v) is 17.1. The largest absolute Gasteiger partial charge is 0.481 e. The van der Waals surface area contributed by atoms with Crippen LogP contribution in [0.25, 0.3) is 0 Å². The third-order valence-corrected chi connectivity index (χ3v) is 7.93. The number of amides is 5. The maximum atomic E-state index is 14.4. The van der Waals surface area contributed by atoms with Crippen LogP contribution in [0.2, 0.25) is 0 Å². The van der Waals surface area contributed by atoms with E-state index in [4.69, 9.17) is 5.73 Å². The van der Waals surface area contributed by atoms with Crippen LogP contribution in [0.5, 0.6) is 0 Å². The van der Waals surface area contributed by atoms with E-state index >= 15 is 0 Å². The van der Waals surface area contributed by atoms with Gasteiger partial charge in [0.2, 0.25) is 29.5 Å². The van der Waals surface area contributed by atoms with Gasteiger partial charge in [-0.15, -0.1) is 0 Å². The summed E-state index contributed by atoms with van der Waals surface area (Å²) in [4.78, 5) is 79.5. The average molecular weight is 686 g/mol. The van der Waals surface area contributed by atoms with Gasteiger partial charge in [0, 0.05) is 12.5 Å². The summed E-state index contributed by atoms with van der Waals surface area (Å²) in [5.74, 6) is -5.66. The van der Waals surface area contributed by atoms with Crippen molar-refractivity contribution in [2.45, 2.75) is 151 Å². The fraction of sp³-hybridized carbons (Fsp3) is 0.824. The van der Waals surface area contributed by atoms with Gasteiger partial charge in [-0.05, 0) is 49.4 Å². The zero-order valence-electron chi connectivity index (χ0n) is 30.8. The van der Waals surface area contributed by atoms with Crippen LogP contribution in [0.4, 0.5) is 0 Å². The summed E-state index contributed by atoms with van der Waals surface area (Å²) in [6.45, 7) is 19.3. The number of aliphatic carboxylic acids is 1. The normalized spacial score (nSPS) is 16.2. The second kappa shape index (κ2) is 21.1. The maximum Gasteiger partial charge on any atom is 0.306 e. The Labute approximate surface area is 286 Å². The third kappa shape index (κ3) is 15.9. The highest BCUT2D eigenvalue weighted by Gasteiger charge is 2.42. The Morgan fingerprint density at radius 2 is 1.15 bits per heavy atom. The molecule has 14 nitrogen and oxygen atoms in total. The summed E-state index contributed by atoms with van der Waals surface area (Å²) in [5, 5.41) is 38.6. The van der Waals surface area contributed by atoms with E-state index < -0.39 is 90.8 Å². The first kappa shape index (κ1) is 44.9. The quantitative estimate of drug-likeness (QED) is 0.0922. The molecule has 48 heavy (non-hydrogen) atoms. The molecule has 0 rings (SSSR count). The second-order valence-corrected chi connectivity index (χ2v) is 14.9. The molecule has 0 fully saturated rings. The fourth-order valence-electron chi connectivity index (χ4n) is 5.41. The number of hydrogen-bond donors (Lipinski definition) is 7. The van der Waals surface area contributed by atoms with E-state index in [0.29, 0.717) is 6.42 Å². The minimum Gasteiger partial charge on any atom is -0.481 e. The van der Waals surface area contributed by atoms with Gasteiger partial charge in [0.1, 0.15) is 18.1 Å². The minimum absolute atomic E-state index is 0.0501. The van der Waals surface area contributed by atoms with Crippen LogP contribution >= 0.6 is 0 Å². The molecule has 0 aliphatic carbocycles. The van der Waals surface area contributed by atoms with E-state index in [-0.39, 0.29) is 42.4 Å². The number of aliphatic hydroxyl groups is 2. The Hall–Kier alpha value is -3.10. The second-order valence-electron chi connectivity index (χ2n) is 14.9. The first-order valence-electron chi connectivity index (χ1n) is 17.1. The number of nitrogens with one attached hydrogen (secondary N) is 3. The highest BCUT2D eigenvalue weighted by molar-refractivity contribution is 6.00. The molecule has 0 radical (unpaired) electrons. The van der Waals surface area contributed by atoms with Crippen LogP contribution in [0.1, 0.15) is 108 Å². The number of rotatable bonds is 21. The summed E-state index contributed by atoms with van der Waals surface area (Å²) in [7, 11) is 0. The Balaban J connectivity index is 6.63. The van der Waals surface area contributed by atoms with Crippen molar-refractivity contribution in [3.63, 3.8) is 0 Å². The van der Waals surface area contributed by atoms with Crippen LogP contribution in [0.15, 0.2) is 0 Å². The van der Waals surface area contributed by atoms with Crippen molar-refractivity contribution in [2.24, 2.45) is 35.3 Å². The molecule has 8 N–H and O–H groups in total. The van der Waals surface area contributed by atoms with Gasteiger partial charge >= 0.3 is 5.97 Å². The number of carbonyl (C=O) groups excluding carboxylic acids is 5. The molecule has 0 bridgehead atoms. The van der Waals surface area contributed by atoms with Gasteiger partial charge in [0.15, 0.2) is 0 Å². The Bertz CT molecular complexity index is 1080. The molecule has 0 aromatic rings. The van der Waals surface area contributed by atoms with E-state index in [2.05, 4.69) is 16.0 Å². The average Bonchev–Trinajstić information content (AvgIpc) is 2.91. The van der Waals surface area contributed by atoms with Crippen LogP contribution in [0, 0.1) is 29.6 Å². The van der Waals surface area contributed by atoms with Crippen LogP contribution in [0.3, 0.4) is 0 Å². The molecule has 5 amide bonds. The molecule has 7 atom stereocenters. The zero-order valence-corrected chi connectivity index (χ0v) is 30.8. The summed E-state index contributed by atoms with van der Waals surface area (Å²) in [5.41, 5.74) is 5.99. The summed E-state index contributed by atoms with van der Waals surface area (Å²) < 4.78 is 0. The van der Waals surface area contributed by atoms with Crippen molar-refractivity contribution >= 4 is 35.5 Å². The molecular formula is C34H63N5O9. The lowest BCUT2D eigenvalue weighted by atomic mass is 9.92. The number of carboxylic acid groups (broad SMARTS) is 1. The molecule has 0 heterocycles. The van der Waals surface area contributed by atoms with E-state index in [9.17, 15) is 44.1 Å². The van der Waals surface area contributed by atoms with Gasteiger partial charge < -0.3 is 36.6 Å². The van der Waals surface area contributed by atoms with Crippen molar-refractivity contribution in [1.82, 2.24) is 20.9 Å². The highest BCUT2D eigenvalue weighted by atomic mass is 16.4. The number of aliphatic hydroxyl groups excluding tert-OH is 2. The van der Waals surface area contributed by atoms with E-state index in [0.717, 1.165) is 4.90 Å². The van der Waals surface area contributed by atoms with Crippen LogP contribution in [-0.4, -0.2) is 98.1 Å². The van der Waals surface area contributed by atoms with Gasteiger partial charge in [-0.1, -0.05) is 69.2 Å². The van der Waals surface area contributed by atoms with Crippen molar-refractivity contribution in [1.29, 1.82) is 0 Å². The number of carboxylic acids is 1. The van der Waals surface area contributed by atoms with E-state index in [1.165, 1.54) is 6.92 Å². The smallest absolute Gasteiger partial charge is 0.306 e. The Morgan fingerprint density at radius 3 is 1.58 bits per heavy atom. The number of carbonyl (C=O) groups is 6. The van der Waals surface area contributed by atoms with Gasteiger partial charge in [0.25, 0.3) is 0 Å². The Morgan fingerprint density at radius 1 is 0.625 bits per heavy atom. The van der Waals surface area contributed by atoms with Crippen molar-refractivity contribution < 1.29 is 44.1 Å². The molecular weight excluding hydrogens is 622 g/mol. The highest BCUT2D eigenvalue weighted by Crippen LogP contribution is 2.23. The van der Waals surface area contributed by atoms with E-state index in [1.54, 1.807) is 41.5 Å². The number of imide groups is 1. The number of nitrogens with zero attached hydrogens (tertiary/aromatic N) is 1. The lowest BCUT2D eigenvalue weighted by molar-refractivity contribution is -0.153. The molecule has 0 spiro atoms. The monoisotopic (exact) mass is 685 g/mol. The Kier molecular flexibility index (Phi) is 19.7. The van der Waals surface area contributed by atoms with Crippen LogP contribution in [-0.2, 0) is 28.8 Å². The minimum atomic E-state index is -1.60. The van der Waals surface area contributed by atoms with Crippen LogP contribution < -0.4 is 21.7 Å². The SMILES string of the molecule is CC(C)CC(=O)NC(C(=O)NC(C(=O)N(C(C)C(=O)NC(=O)CC(O)C(N)CC(C)C)C(CC(C)C)C(O)CC(=O)O)C(C)C)C(C)C. The van der Waals surface area contributed by atoms with Gasteiger partial charge in [-0.2, -0.15) is 0 Å². The number of nitrogens with two attached hydrogens (primary N) is 1. The number of hydrogen-bond acceptors (Lipinski definition) is 9. The van der Waals surface area contributed by atoms with Gasteiger partial charge in [-0.25, -0.2) is 0 Å². The molecule has 0 aromatic carbocycles.